The molecule has 1 aliphatic heterocycles. The number of fused-ring (bicyclic) bond motifs is 1. The molecule has 116 valence electrons. The number of nitro groups is 1. The minimum Gasteiger partial charge on any atom is -0.400 e. The van der Waals surface area contributed by atoms with Gasteiger partial charge in [0.1, 0.15) is 0 Å². The lowest BCUT2D eigenvalue weighted by Gasteiger charge is -2.32. The summed E-state index contributed by atoms with van der Waals surface area (Å²) in [6.07, 6.45) is 3.68. The summed E-state index contributed by atoms with van der Waals surface area (Å²) in [6.45, 7) is 8.09. The molecular weight excluding hydrogens is 281 g/mol. The van der Waals surface area contributed by atoms with Crippen molar-refractivity contribution in [3.05, 3.63) is 44.9 Å². The third-order valence-corrected chi connectivity index (χ3v) is 4.92. The van der Waals surface area contributed by atoms with E-state index in [1.54, 1.807) is 12.1 Å². The van der Waals surface area contributed by atoms with E-state index < -0.39 is 0 Å². The Bertz CT molecular complexity index is 650. The molecule has 2 aliphatic rings. The Morgan fingerprint density at radius 2 is 1.77 bits per heavy atom. The number of nitro benzene ring substituents is 1. The average molecular weight is 301 g/mol. The van der Waals surface area contributed by atoms with E-state index >= 15 is 0 Å². The topological polar surface area (TPSA) is 61.6 Å². The summed E-state index contributed by atoms with van der Waals surface area (Å²) in [5.41, 5.74) is 2.44. The van der Waals surface area contributed by atoms with Gasteiger partial charge in [-0.25, -0.2) is 0 Å². The second kappa shape index (κ2) is 4.93. The first-order chi connectivity index (χ1) is 10.2. The number of rotatable bonds is 2. The van der Waals surface area contributed by atoms with Crippen molar-refractivity contribution in [3.63, 3.8) is 0 Å². The number of aryl methyl sites for hydroxylation is 1. The molecule has 0 N–H and O–H groups in total. The Morgan fingerprint density at radius 1 is 1.14 bits per heavy atom. The first-order valence-corrected chi connectivity index (χ1v) is 7.53. The molecule has 1 aromatic carbocycles. The summed E-state index contributed by atoms with van der Waals surface area (Å²) >= 11 is 0. The van der Waals surface area contributed by atoms with Crippen LogP contribution < -0.4 is 0 Å². The van der Waals surface area contributed by atoms with Crippen molar-refractivity contribution >= 4 is 18.9 Å². The van der Waals surface area contributed by atoms with Crippen LogP contribution in [0.5, 0.6) is 0 Å². The Morgan fingerprint density at radius 3 is 2.36 bits per heavy atom. The van der Waals surface area contributed by atoms with Crippen LogP contribution in [0.2, 0.25) is 0 Å². The summed E-state index contributed by atoms with van der Waals surface area (Å²) in [6, 6.07) is 5.02. The van der Waals surface area contributed by atoms with Gasteiger partial charge in [-0.3, -0.25) is 10.1 Å². The summed E-state index contributed by atoms with van der Waals surface area (Å²) in [7, 11) is -0.377. The number of nitrogens with zero attached hydrogens (tertiary/aromatic N) is 1. The highest BCUT2D eigenvalue weighted by molar-refractivity contribution is 6.55. The molecule has 0 radical (unpaired) electrons. The fourth-order valence-corrected chi connectivity index (χ4v) is 2.79. The zero-order valence-corrected chi connectivity index (χ0v) is 13.4. The maximum Gasteiger partial charge on any atom is 0.490 e. The molecule has 0 aromatic heterocycles. The van der Waals surface area contributed by atoms with Gasteiger partial charge < -0.3 is 9.31 Å². The van der Waals surface area contributed by atoms with E-state index in [0.717, 1.165) is 29.4 Å². The molecular formula is C16H20BNO4. The third-order valence-electron chi connectivity index (χ3n) is 4.92. The van der Waals surface area contributed by atoms with Gasteiger partial charge in [-0.2, -0.15) is 0 Å². The Balaban J connectivity index is 1.92. The van der Waals surface area contributed by atoms with Crippen molar-refractivity contribution < 1.29 is 14.2 Å². The van der Waals surface area contributed by atoms with Gasteiger partial charge in [0.2, 0.25) is 0 Å². The molecule has 0 amide bonds. The Hall–Kier alpha value is -1.66. The molecule has 1 heterocycles. The lowest BCUT2D eigenvalue weighted by molar-refractivity contribution is -0.384. The average Bonchev–Trinajstić information content (AvgIpc) is 2.66. The molecule has 1 fully saturated rings. The Labute approximate surface area is 130 Å². The summed E-state index contributed by atoms with van der Waals surface area (Å²) in [5, 5.41) is 10.9. The van der Waals surface area contributed by atoms with Crippen molar-refractivity contribution in [3.8, 4) is 0 Å². The lowest BCUT2D eigenvalue weighted by Crippen LogP contribution is -2.41. The number of non-ortho nitro benzene ring substituents is 1. The van der Waals surface area contributed by atoms with Gasteiger partial charge in [-0.1, -0.05) is 12.1 Å². The second-order valence-electron chi connectivity index (χ2n) is 6.95. The Kier molecular flexibility index (Phi) is 3.42. The number of benzene rings is 1. The van der Waals surface area contributed by atoms with E-state index in [-0.39, 0.29) is 28.9 Å². The molecule has 3 rings (SSSR count). The van der Waals surface area contributed by atoms with Crippen molar-refractivity contribution in [1.29, 1.82) is 0 Å². The first kappa shape index (κ1) is 15.2. The second-order valence-corrected chi connectivity index (χ2v) is 6.95. The molecule has 0 unspecified atom stereocenters. The van der Waals surface area contributed by atoms with Crippen LogP contribution in [-0.2, 0) is 15.7 Å². The third kappa shape index (κ3) is 2.46. The van der Waals surface area contributed by atoms with Crippen molar-refractivity contribution in [2.45, 2.75) is 51.7 Å². The molecule has 6 heteroatoms. The maximum absolute atomic E-state index is 10.9. The van der Waals surface area contributed by atoms with E-state index in [2.05, 4.69) is 0 Å². The van der Waals surface area contributed by atoms with E-state index in [4.69, 9.17) is 9.31 Å². The lowest BCUT2D eigenvalue weighted by atomic mass is 9.71. The highest BCUT2D eigenvalue weighted by Crippen LogP contribution is 2.40. The van der Waals surface area contributed by atoms with Crippen LogP contribution in [0.4, 0.5) is 5.69 Å². The number of allylic oxidation sites excluding steroid dienone is 1. The van der Waals surface area contributed by atoms with Gasteiger partial charge >= 0.3 is 7.12 Å². The van der Waals surface area contributed by atoms with Crippen LogP contribution in [0, 0.1) is 10.1 Å². The minimum absolute atomic E-state index is 0.116. The SMILES string of the molecule is CC1(C)OB(C2=Cc3cc([N+](=O)[O-])ccc3CC2)OC1(C)C. The molecule has 1 aromatic rings. The highest BCUT2D eigenvalue weighted by atomic mass is 16.7. The summed E-state index contributed by atoms with van der Waals surface area (Å²) < 4.78 is 12.1. The number of hydrogen-bond acceptors (Lipinski definition) is 4. The predicted molar refractivity (Wildman–Crippen MR) is 85.5 cm³/mol. The van der Waals surface area contributed by atoms with E-state index in [1.807, 2.05) is 39.8 Å². The standard InChI is InChI=1S/C16H20BNO4/c1-15(2)16(3,4)22-17(21-15)13-7-5-11-6-8-14(18(19)20)10-12(11)9-13/h6,8-10H,5,7H2,1-4H3. The maximum atomic E-state index is 10.9. The van der Waals surface area contributed by atoms with Crippen molar-refractivity contribution in [2.24, 2.45) is 0 Å². The smallest absolute Gasteiger partial charge is 0.400 e. The van der Waals surface area contributed by atoms with E-state index in [0.29, 0.717) is 0 Å². The zero-order chi connectivity index (χ0) is 16.1. The van der Waals surface area contributed by atoms with Crippen LogP contribution >= 0.6 is 0 Å². The summed E-state index contributed by atoms with van der Waals surface area (Å²) in [4.78, 5) is 10.6. The highest BCUT2D eigenvalue weighted by Gasteiger charge is 2.52. The van der Waals surface area contributed by atoms with Crippen LogP contribution in [0.3, 0.4) is 0 Å². The molecule has 0 bridgehead atoms. The van der Waals surface area contributed by atoms with Gasteiger partial charge in [0.15, 0.2) is 0 Å². The van der Waals surface area contributed by atoms with E-state index in [1.165, 1.54) is 0 Å². The van der Waals surface area contributed by atoms with Gasteiger partial charge in [0.05, 0.1) is 16.1 Å². The molecule has 0 saturated carbocycles. The molecule has 0 atom stereocenters. The van der Waals surface area contributed by atoms with Crippen LogP contribution in [0.25, 0.3) is 6.08 Å². The van der Waals surface area contributed by atoms with Gasteiger partial charge in [-0.05, 0) is 57.1 Å². The molecule has 5 nitrogen and oxygen atoms in total. The van der Waals surface area contributed by atoms with Crippen LogP contribution in [-0.4, -0.2) is 23.2 Å². The summed E-state index contributed by atoms with van der Waals surface area (Å²) in [5.74, 6) is 0. The first-order valence-electron chi connectivity index (χ1n) is 7.53. The van der Waals surface area contributed by atoms with Crippen LogP contribution in [0.15, 0.2) is 23.7 Å². The fraction of sp³-hybridized carbons (Fsp3) is 0.500. The predicted octanol–water partition coefficient (Wildman–Crippen LogP) is 3.56. The normalized spacial score (nSPS) is 22.2. The van der Waals surface area contributed by atoms with Crippen LogP contribution in [0.1, 0.15) is 45.2 Å². The fourth-order valence-electron chi connectivity index (χ4n) is 2.79. The molecule has 1 saturated heterocycles. The van der Waals surface area contributed by atoms with Gasteiger partial charge in [-0.15, -0.1) is 0 Å². The van der Waals surface area contributed by atoms with Crippen molar-refractivity contribution in [1.82, 2.24) is 0 Å². The van der Waals surface area contributed by atoms with Crippen molar-refractivity contribution in [2.75, 3.05) is 0 Å². The van der Waals surface area contributed by atoms with Gasteiger partial charge in [0.25, 0.3) is 5.69 Å². The molecule has 22 heavy (non-hydrogen) atoms. The van der Waals surface area contributed by atoms with Gasteiger partial charge in [0, 0.05) is 12.1 Å². The van der Waals surface area contributed by atoms with E-state index in [9.17, 15) is 10.1 Å². The molecule has 0 spiro atoms. The zero-order valence-electron chi connectivity index (χ0n) is 13.4. The number of hydrogen-bond donors (Lipinski definition) is 0. The quantitative estimate of drug-likeness (QED) is 0.476. The largest absolute Gasteiger partial charge is 0.490 e. The minimum atomic E-state index is -0.377. The monoisotopic (exact) mass is 301 g/mol. The molecule has 1 aliphatic carbocycles.